The maximum atomic E-state index is 13.0. The van der Waals surface area contributed by atoms with Crippen LogP contribution in [0.1, 0.15) is 25.3 Å². The number of aromatic hydroxyl groups is 1. The molecule has 2 aromatic carbocycles. The second kappa shape index (κ2) is 7.97. The van der Waals surface area contributed by atoms with E-state index in [2.05, 4.69) is 27.8 Å². The molecule has 1 aromatic heterocycles. The molecule has 2 heterocycles. The number of phenolic OH excluding ortho intramolecular Hbond substituents is 1. The van der Waals surface area contributed by atoms with Crippen LogP contribution in [0.4, 0.5) is 0 Å². The SMILES string of the molecule is C[C@@H]1CCCN(Cc2c(O)ccc3c(=O)c(Oc4ccccc4Br)coc23)C1. The van der Waals surface area contributed by atoms with Crippen LogP contribution in [0.5, 0.6) is 17.2 Å². The molecule has 0 saturated carbocycles. The summed E-state index contributed by atoms with van der Waals surface area (Å²) < 4.78 is 12.3. The van der Waals surface area contributed by atoms with E-state index in [0.29, 0.717) is 34.7 Å². The molecule has 5 nitrogen and oxygen atoms in total. The van der Waals surface area contributed by atoms with Crippen molar-refractivity contribution < 1.29 is 14.3 Å². The van der Waals surface area contributed by atoms with Crippen molar-refractivity contribution in [2.24, 2.45) is 5.92 Å². The van der Waals surface area contributed by atoms with E-state index in [1.54, 1.807) is 18.2 Å². The van der Waals surface area contributed by atoms with Gasteiger partial charge in [-0.3, -0.25) is 9.69 Å². The first-order valence-corrected chi connectivity index (χ1v) is 10.2. The Balaban J connectivity index is 1.70. The second-order valence-corrected chi connectivity index (χ2v) is 8.24. The molecule has 0 radical (unpaired) electrons. The van der Waals surface area contributed by atoms with Gasteiger partial charge in [-0.25, -0.2) is 0 Å². The lowest BCUT2D eigenvalue weighted by Crippen LogP contribution is -2.33. The third-order valence-corrected chi connectivity index (χ3v) is 5.82. The van der Waals surface area contributed by atoms with Crippen LogP contribution in [0.15, 0.2) is 56.3 Å². The molecule has 1 saturated heterocycles. The van der Waals surface area contributed by atoms with Crippen LogP contribution in [-0.4, -0.2) is 23.1 Å². The van der Waals surface area contributed by atoms with E-state index >= 15 is 0 Å². The highest BCUT2D eigenvalue weighted by Crippen LogP contribution is 2.32. The van der Waals surface area contributed by atoms with Crippen LogP contribution in [0.2, 0.25) is 0 Å². The molecular formula is C22H22BrNO4. The predicted molar refractivity (Wildman–Crippen MR) is 112 cm³/mol. The van der Waals surface area contributed by atoms with Gasteiger partial charge in [0.25, 0.3) is 0 Å². The van der Waals surface area contributed by atoms with Gasteiger partial charge >= 0.3 is 0 Å². The summed E-state index contributed by atoms with van der Waals surface area (Å²) in [7, 11) is 0. The molecule has 1 fully saturated rings. The molecule has 3 aromatic rings. The average molecular weight is 444 g/mol. The minimum absolute atomic E-state index is 0.114. The fourth-order valence-electron chi connectivity index (χ4n) is 3.75. The Morgan fingerprint density at radius 2 is 2.07 bits per heavy atom. The van der Waals surface area contributed by atoms with Gasteiger partial charge in [0.1, 0.15) is 23.3 Å². The Labute approximate surface area is 171 Å². The number of para-hydroxylation sites is 1. The number of nitrogens with zero attached hydrogens (tertiary/aromatic N) is 1. The molecule has 0 amide bonds. The number of piperidine rings is 1. The Morgan fingerprint density at radius 1 is 1.25 bits per heavy atom. The van der Waals surface area contributed by atoms with Crippen LogP contribution in [0.25, 0.3) is 11.0 Å². The van der Waals surface area contributed by atoms with E-state index in [1.165, 1.54) is 12.7 Å². The molecule has 1 aliphatic heterocycles. The van der Waals surface area contributed by atoms with Gasteiger partial charge in [0.05, 0.1) is 15.4 Å². The fourth-order valence-corrected chi connectivity index (χ4v) is 4.12. The van der Waals surface area contributed by atoms with Gasteiger partial charge in [-0.05, 0) is 65.5 Å². The quantitative estimate of drug-likeness (QED) is 0.593. The van der Waals surface area contributed by atoms with E-state index in [4.69, 9.17) is 9.15 Å². The number of rotatable bonds is 4. The van der Waals surface area contributed by atoms with Gasteiger partial charge in [0.15, 0.2) is 0 Å². The van der Waals surface area contributed by atoms with Gasteiger partial charge in [-0.15, -0.1) is 0 Å². The third-order valence-electron chi connectivity index (χ3n) is 5.17. The molecule has 1 N–H and O–H groups in total. The zero-order valence-corrected chi connectivity index (χ0v) is 17.2. The maximum absolute atomic E-state index is 13.0. The fraction of sp³-hybridized carbons (Fsp3) is 0.318. The second-order valence-electron chi connectivity index (χ2n) is 7.38. The maximum Gasteiger partial charge on any atom is 0.235 e. The van der Waals surface area contributed by atoms with Crippen LogP contribution >= 0.6 is 15.9 Å². The molecule has 28 heavy (non-hydrogen) atoms. The summed E-state index contributed by atoms with van der Waals surface area (Å²) in [6.07, 6.45) is 3.69. The highest BCUT2D eigenvalue weighted by atomic mass is 79.9. The Kier molecular flexibility index (Phi) is 5.42. The van der Waals surface area contributed by atoms with Gasteiger partial charge in [0, 0.05) is 13.1 Å². The monoisotopic (exact) mass is 443 g/mol. The first-order valence-electron chi connectivity index (χ1n) is 9.44. The van der Waals surface area contributed by atoms with Crippen LogP contribution in [0.3, 0.4) is 0 Å². The predicted octanol–water partition coefficient (Wildman–Crippen LogP) is 5.29. The summed E-state index contributed by atoms with van der Waals surface area (Å²) in [5.41, 5.74) is 0.809. The number of phenols is 1. The lowest BCUT2D eigenvalue weighted by atomic mass is 9.99. The highest BCUT2D eigenvalue weighted by molar-refractivity contribution is 9.10. The molecule has 0 bridgehead atoms. The Hall–Kier alpha value is -2.31. The van der Waals surface area contributed by atoms with Crippen LogP contribution in [0, 0.1) is 5.92 Å². The van der Waals surface area contributed by atoms with Crippen molar-refractivity contribution in [1.29, 1.82) is 0 Å². The molecule has 0 unspecified atom stereocenters. The molecular weight excluding hydrogens is 422 g/mol. The summed E-state index contributed by atoms with van der Waals surface area (Å²) in [6.45, 7) is 4.75. The van der Waals surface area contributed by atoms with Gasteiger partial charge < -0.3 is 14.3 Å². The highest BCUT2D eigenvalue weighted by Gasteiger charge is 2.21. The standard InChI is InChI=1S/C22H22BrNO4/c1-14-5-4-10-24(11-14)12-16-18(25)9-8-15-21(26)20(13-27-22(15)16)28-19-7-3-2-6-17(19)23/h2-3,6-9,13-14,25H,4-5,10-12H2,1H3/t14-/m1/s1. The summed E-state index contributed by atoms with van der Waals surface area (Å²) in [5.74, 6) is 1.42. The van der Waals surface area contributed by atoms with Crippen molar-refractivity contribution in [2.45, 2.75) is 26.3 Å². The first kappa shape index (κ1) is 19.0. The van der Waals surface area contributed by atoms with Gasteiger partial charge in [0.2, 0.25) is 11.2 Å². The number of likely N-dealkylation sites (tertiary alicyclic amines) is 1. The normalized spacial score (nSPS) is 17.7. The Bertz CT molecular complexity index is 1060. The van der Waals surface area contributed by atoms with Crippen molar-refractivity contribution in [3.05, 3.63) is 62.9 Å². The summed E-state index contributed by atoms with van der Waals surface area (Å²) in [5, 5.41) is 10.8. The molecule has 146 valence electrons. The minimum atomic E-state index is -0.259. The largest absolute Gasteiger partial charge is 0.507 e. The number of halogens is 1. The van der Waals surface area contributed by atoms with Crippen LogP contribution < -0.4 is 10.2 Å². The smallest absolute Gasteiger partial charge is 0.235 e. The lowest BCUT2D eigenvalue weighted by Gasteiger charge is -2.31. The Morgan fingerprint density at radius 3 is 2.86 bits per heavy atom. The van der Waals surface area contributed by atoms with Gasteiger partial charge in [-0.2, -0.15) is 0 Å². The van der Waals surface area contributed by atoms with Crippen molar-refractivity contribution in [3.8, 4) is 17.2 Å². The zero-order chi connectivity index (χ0) is 19.7. The van der Waals surface area contributed by atoms with Crippen molar-refractivity contribution in [1.82, 2.24) is 4.90 Å². The number of hydrogen-bond acceptors (Lipinski definition) is 5. The molecule has 1 atom stereocenters. The van der Waals surface area contributed by atoms with Crippen molar-refractivity contribution in [2.75, 3.05) is 13.1 Å². The van der Waals surface area contributed by atoms with Crippen molar-refractivity contribution in [3.63, 3.8) is 0 Å². The molecule has 0 aliphatic carbocycles. The average Bonchev–Trinajstić information content (AvgIpc) is 2.68. The van der Waals surface area contributed by atoms with Crippen LogP contribution in [-0.2, 0) is 6.54 Å². The molecule has 4 rings (SSSR count). The number of fused-ring (bicyclic) bond motifs is 1. The van der Waals surface area contributed by atoms with Gasteiger partial charge in [-0.1, -0.05) is 19.1 Å². The summed E-state index contributed by atoms with van der Waals surface area (Å²) >= 11 is 3.41. The number of hydrogen-bond donors (Lipinski definition) is 1. The summed E-state index contributed by atoms with van der Waals surface area (Å²) in [6, 6.07) is 10.5. The third kappa shape index (κ3) is 3.80. The summed E-state index contributed by atoms with van der Waals surface area (Å²) in [4.78, 5) is 15.3. The number of benzene rings is 2. The topological polar surface area (TPSA) is 62.9 Å². The van der Waals surface area contributed by atoms with E-state index < -0.39 is 0 Å². The van der Waals surface area contributed by atoms with E-state index in [1.807, 2.05) is 18.2 Å². The number of ether oxygens (including phenoxy) is 1. The lowest BCUT2D eigenvalue weighted by molar-refractivity contribution is 0.175. The molecule has 1 aliphatic rings. The first-order chi connectivity index (χ1) is 13.5. The zero-order valence-electron chi connectivity index (χ0n) is 15.7. The minimum Gasteiger partial charge on any atom is -0.507 e. The van der Waals surface area contributed by atoms with E-state index in [9.17, 15) is 9.90 Å². The molecule has 6 heteroatoms. The van der Waals surface area contributed by atoms with E-state index in [-0.39, 0.29) is 16.9 Å². The molecule has 0 spiro atoms. The van der Waals surface area contributed by atoms with Crippen molar-refractivity contribution >= 4 is 26.9 Å². The van der Waals surface area contributed by atoms with E-state index in [0.717, 1.165) is 24.0 Å².